The minimum atomic E-state index is -0.697. The molecule has 0 heterocycles. The van der Waals surface area contributed by atoms with Crippen molar-refractivity contribution >= 4 is 5.69 Å². The lowest BCUT2D eigenvalue weighted by Gasteiger charge is -2.17. The van der Waals surface area contributed by atoms with E-state index in [0.717, 1.165) is 5.56 Å². The van der Waals surface area contributed by atoms with Gasteiger partial charge in [0, 0.05) is 24.7 Å². The van der Waals surface area contributed by atoms with Gasteiger partial charge < -0.3 is 10.4 Å². The standard InChI is InChI=1S/C16H18N2O3/c1-12(13-5-3-2-4-6-13)17-11-16(19)14-7-9-15(10-8-14)18(20)21/h2-10,12,16-17,19H,11H2,1H3/t12-,16?/m1/s1. The van der Waals surface area contributed by atoms with Gasteiger partial charge in [-0.3, -0.25) is 10.1 Å². The summed E-state index contributed by atoms with van der Waals surface area (Å²) in [7, 11) is 0. The van der Waals surface area contributed by atoms with Crippen LogP contribution in [0.3, 0.4) is 0 Å². The molecule has 0 aromatic heterocycles. The van der Waals surface area contributed by atoms with Crippen molar-refractivity contribution in [3.8, 4) is 0 Å². The number of aliphatic hydroxyl groups excluding tert-OH is 1. The van der Waals surface area contributed by atoms with Gasteiger partial charge in [-0.25, -0.2) is 0 Å². The van der Waals surface area contributed by atoms with Crippen molar-refractivity contribution in [1.82, 2.24) is 5.32 Å². The van der Waals surface area contributed by atoms with Crippen molar-refractivity contribution < 1.29 is 10.0 Å². The number of nitro benzene ring substituents is 1. The maximum Gasteiger partial charge on any atom is 0.269 e. The number of rotatable bonds is 6. The van der Waals surface area contributed by atoms with Crippen LogP contribution in [0.2, 0.25) is 0 Å². The number of nitro groups is 1. The van der Waals surface area contributed by atoms with E-state index in [0.29, 0.717) is 12.1 Å². The fourth-order valence-corrected chi connectivity index (χ4v) is 2.08. The summed E-state index contributed by atoms with van der Waals surface area (Å²) in [5, 5.41) is 23.9. The molecule has 0 spiro atoms. The molecule has 1 unspecified atom stereocenters. The van der Waals surface area contributed by atoms with Crippen LogP contribution in [0.15, 0.2) is 54.6 Å². The average Bonchev–Trinajstić information content (AvgIpc) is 2.53. The monoisotopic (exact) mass is 286 g/mol. The van der Waals surface area contributed by atoms with Gasteiger partial charge in [0.2, 0.25) is 0 Å². The molecular formula is C16H18N2O3. The van der Waals surface area contributed by atoms with Crippen LogP contribution in [0.4, 0.5) is 5.69 Å². The number of benzene rings is 2. The highest BCUT2D eigenvalue weighted by atomic mass is 16.6. The van der Waals surface area contributed by atoms with Gasteiger partial charge >= 0.3 is 0 Å². The Morgan fingerprint density at radius 1 is 1.10 bits per heavy atom. The maximum absolute atomic E-state index is 10.6. The van der Waals surface area contributed by atoms with Crippen LogP contribution in [0.5, 0.6) is 0 Å². The molecule has 21 heavy (non-hydrogen) atoms. The fourth-order valence-electron chi connectivity index (χ4n) is 2.08. The Bertz CT molecular complexity index is 584. The molecule has 0 radical (unpaired) electrons. The zero-order valence-electron chi connectivity index (χ0n) is 11.8. The van der Waals surface area contributed by atoms with E-state index in [1.54, 1.807) is 12.1 Å². The Balaban J connectivity index is 1.92. The molecule has 2 aromatic rings. The second-order valence-corrected chi connectivity index (χ2v) is 4.91. The summed E-state index contributed by atoms with van der Waals surface area (Å²) in [6, 6.07) is 16.0. The molecular weight excluding hydrogens is 268 g/mol. The molecule has 2 N–H and O–H groups in total. The molecule has 0 saturated carbocycles. The Morgan fingerprint density at radius 2 is 1.71 bits per heavy atom. The first-order chi connectivity index (χ1) is 10.1. The Hall–Kier alpha value is -2.24. The number of nitrogens with one attached hydrogen (secondary N) is 1. The zero-order valence-corrected chi connectivity index (χ0v) is 11.8. The minimum absolute atomic E-state index is 0.0246. The van der Waals surface area contributed by atoms with Crippen molar-refractivity contribution in [2.75, 3.05) is 6.54 Å². The van der Waals surface area contributed by atoms with Crippen LogP contribution in [-0.4, -0.2) is 16.6 Å². The third-order valence-electron chi connectivity index (χ3n) is 3.41. The summed E-state index contributed by atoms with van der Waals surface area (Å²) in [6.45, 7) is 2.41. The topological polar surface area (TPSA) is 75.4 Å². The molecule has 0 aliphatic carbocycles. The first-order valence-electron chi connectivity index (χ1n) is 6.78. The Labute approximate surface area is 123 Å². The van der Waals surface area contributed by atoms with Crippen molar-refractivity contribution in [3.63, 3.8) is 0 Å². The van der Waals surface area contributed by atoms with Crippen molar-refractivity contribution in [1.29, 1.82) is 0 Å². The van der Waals surface area contributed by atoms with E-state index in [9.17, 15) is 15.2 Å². The molecule has 0 fully saturated rings. The largest absolute Gasteiger partial charge is 0.387 e. The summed E-state index contributed by atoms with van der Waals surface area (Å²) >= 11 is 0. The summed E-state index contributed by atoms with van der Waals surface area (Å²) in [5.74, 6) is 0. The fraction of sp³-hybridized carbons (Fsp3) is 0.250. The molecule has 110 valence electrons. The third-order valence-corrected chi connectivity index (χ3v) is 3.41. The number of nitrogens with zero attached hydrogens (tertiary/aromatic N) is 1. The van der Waals surface area contributed by atoms with Gasteiger partial charge in [0.15, 0.2) is 0 Å². The molecule has 0 saturated heterocycles. The highest BCUT2D eigenvalue weighted by molar-refractivity contribution is 5.33. The molecule has 2 atom stereocenters. The van der Waals surface area contributed by atoms with Crippen molar-refractivity contribution in [3.05, 3.63) is 75.8 Å². The average molecular weight is 286 g/mol. The van der Waals surface area contributed by atoms with Gasteiger partial charge in [0.25, 0.3) is 5.69 Å². The van der Waals surface area contributed by atoms with Crippen LogP contribution in [0.1, 0.15) is 30.2 Å². The second kappa shape index (κ2) is 6.97. The predicted octanol–water partition coefficient (Wildman–Crippen LogP) is 2.98. The number of non-ortho nitro benzene ring substituents is 1. The van der Waals surface area contributed by atoms with Gasteiger partial charge in [-0.15, -0.1) is 0 Å². The molecule has 2 rings (SSSR count). The lowest BCUT2D eigenvalue weighted by molar-refractivity contribution is -0.384. The molecule has 2 aromatic carbocycles. The first-order valence-corrected chi connectivity index (χ1v) is 6.78. The minimum Gasteiger partial charge on any atom is -0.387 e. The molecule has 5 heteroatoms. The van der Waals surface area contributed by atoms with Crippen molar-refractivity contribution in [2.45, 2.75) is 19.1 Å². The zero-order chi connectivity index (χ0) is 15.2. The first kappa shape index (κ1) is 15.2. The number of aliphatic hydroxyl groups is 1. The molecule has 0 amide bonds. The van der Waals surface area contributed by atoms with E-state index in [-0.39, 0.29) is 11.7 Å². The molecule has 0 bridgehead atoms. The smallest absolute Gasteiger partial charge is 0.269 e. The summed E-state index contributed by atoms with van der Waals surface area (Å²) < 4.78 is 0. The SMILES string of the molecule is C[C@@H](NCC(O)c1ccc([N+](=O)[O-])cc1)c1ccccc1. The summed E-state index contributed by atoms with van der Waals surface area (Å²) in [6.07, 6.45) is -0.697. The van der Waals surface area contributed by atoms with E-state index in [2.05, 4.69) is 5.32 Å². The van der Waals surface area contributed by atoms with Gasteiger partial charge in [-0.05, 0) is 30.2 Å². The van der Waals surface area contributed by atoms with Crippen LogP contribution >= 0.6 is 0 Å². The van der Waals surface area contributed by atoms with E-state index in [4.69, 9.17) is 0 Å². The molecule has 0 aliphatic rings. The number of hydrogen-bond donors (Lipinski definition) is 2. The third kappa shape index (κ3) is 4.11. The van der Waals surface area contributed by atoms with E-state index >= 15 is 0 Å². The highest BCUT2D eigenvalue weighted by Gasteiger charge is 2.12. The van der Waals surface area contributed by atoms with Crippen LogP contribution in [0.25, 0.3) is 0 Å². The quantitative estimate of drug-likeness (QED) is 0.632. The lowest BCUT2D eigenvalue weighted by Crippen LogP contribution is -2.24. The lowest BCUT2D eigenvalue weighted by atomic mass is 10.1. The normalized spacial score (nSPS) is 13.6. The van der Waals surface area contributed by atoms with E-state index in [1.807, 2.05) is 37.3 Å². The van der Waals surface area contributed by atoms with Crippen LogP contribution in [0, 0.1) is 10.1 Å². The summed E-state index contributed by atoms with van der Waals surface area (Å²) in [5.41, 5.74) is 1.83. The second-order valence-electron chi connectivity index (χ2n) is 4.91. The predicted molar refractivity (Wildman–Crippen MR) is 80.9 cm³/mol. The van der Waals surface area contributed by atoms with Gasteiger partial charge in [0.1, 0.15) is 0 Å². The van der Waals surface area contributed by atoms with Gasteiger partial charge in [0.05, 0.1) is 11.0 Å². The molecule has 5 nitrogen and oxygen atoms in total. The van der Waals surface area contributed by atoms with E-state index in [1.165, 1.54) is 12.1 Å². The molecule has 0 aliphatic heterocycles. The van der Waals surface area contributed by atoms with Gasteiger partial charge in [-0.1, -0.05) is 30.3 Å². The van der Waals surface area contributed by atoms with E-state index < -0.39 is 11.0 Å². The van der Waals surface area contributed by atoms with Crippen LogP contribution < -0.4 is 5.32 Å². The summed E-state index contributed by atoms with van der Waals surface area (Å²) in [4.78, 5) is 10.1. The van der Waals surface area contributed by atoms with Gasteiger partial charge in [-0.2, -0.15) is 0 Å². The van der Waals surface area contributed by atoms with Crippen LogP contribution in [-0.2, 0) is 0 Å². The number of hydrogen-bond acceptors (Lipinski definition) is 4. The Morgan fingerprint density at radius 3 is 2.29 bits per heavy atom. The maximum atomic E-state index is 10.6. The van der Waals surface area contributed by atoms with Crippen molar-refractivity contribution in [2.24, 2.45) is 0 Å². The highest BCUT2D eigenvalue weighted by Crippen LogP contribution is 2.18. The Kier molecular flexibility index (Phi) is 5.03.